The van der Waals surface area contributed by atoms with Crippen LogP contribution in [0.2, 0.25) is 0 Å². The van der Waals surface area contributed by atoms with E-state index < -0.39 is 0 Å². The molecule has 3 rings (SSSR count). The molecule has 1 aliphatic rings. The molecule has 2 N–H and O–H groups in total. The number of aryl methyl sites for hydroxylation is 2. The molecule has 1 saturated carbocycles. The van der Waals surface area contributed by atoms with Crippen molar-refractivity contribution in [1.29, 1.82) is 0 Å². The van der Waals surface area contributed by atoms with Crippen molar-refractivity contribution in [3.05, 3.63) is 64.7 Å². The van der Waals surface area contributed by atoms with Crippen LogP contribution in [0.25, 0.3) is 0 Å². The van der Waals surface area contributed by atoms with Gasteiger partial charge in [0, 0.05) is 11.8 Å². The SMILES string of the molecule is Cc1cc(C)cc(CSCC(=O)N/N=C\c2ccc(OCC(=O)NC3CCCCC3)cc2)c1. The van der Waals surface area contributed by atoms with E-state index in [2.05, 4.69) is 47.9 Å². The van der Waals surface area contributed by atoms with Crippen LogP contribution in [-0.2, 0) is 15.3 Å². The maximum Gasteiger partial charge on any atom is 0.258 e. The molecule has 0 saturated heterocycles. The number of carbonyl (C=O) groups excluding carboxylic acids is 2. The van der Waals surface area contributed by atoms with Crippen molar-refractivity contribution in [1.82, 2.24) is 10.7 Å². The summed E-state index contributed by atoms with van der Waals surface area (Å²) >= 11 is 1.56. The number of hydrogen-bond donors (Lipinski definition) is 2. The standard InChI is InChI=1S/C26H33N3O3S/c1-19-12-20(2)14-22(13-19)17-33-18-26(31)29-27-15-21-8-10-24(11-9-21)32-16-25(30)28-23-6-4-3-5-7-23/h8-15,23H,3-7,16-18H2,1-2H3,(H,28,30)(H,29,31)/b27-15-. The molecule has 2 amide bonds. The highest BCUT2D eigenvalue weighted by Gasteiger charge is 2.15. The van der Waals surface area contributed by atoms with Gasteiger partial charge in [-0.3, -0.25) is 9.59 Å². The lowest BCUT2D eigenvalue weighted by atomic mass is 9.95. The first-order valence-corrected chi connectivity index (χ1v) is 12.6. The van der Waals surface area contributed by atoms with Crippen molar-refractivity contribution in [3.63, 3.8) is 0 Å². The Bertz CT molecular complexity index is 934. The second kappa shape index (κ2) is 13.0. The highest BCUT2D eigenvalue weighted by Crippen LogP contribution is 2.18. The zero-order valence-corrected chi connectivity index (χ0v) is 20.2. The Balaban J connectivity index is 1.33. The monoisotopic (exact) mass is 467 g/mol. The Morgan fingerprint density at radius 3 is 2.42 bits per heavy atom. The number of rotatable bonds is 10. The molecule has 7 heteroatoms. The number of nitrogens with zero attached hydrogens (tertiary/aromatic N) is 1. The average molecular weight is 468 g/mol. The average Bonchev–Trinajstić information content (AvgIpc) is 2.79. The number of amides is 2. The Morgan fingerprint density at radius 2 is 1.73 bits per heavy atom. The number of nitrogens with one attached hydrogen (secondary N) is 2. The minimum Gasteiger partial charge on any atom is -0.484 e. The summed E-state index contributed by atoms with van der Waals surface area (Å²) in [5, 5.41) is 7.06. The summed E-state index contributed by atoms with van der Waals surface area (Å²) in [6.07, 6.45) is 7.33. The largest absolute Gasteiger partial charge is 0.484 e. The fraction of sp³-hybridized carbons (Fsp3) is 0.423. The van der Waals surface area contributed by atoms with Crippen molar-refractivity contribution in [2.45, 2.75) is 57.7 Å². The van der Waals surface area contributed by atoms with E-state index in [4.69, 9.17) is 4.74 Å². The van der Waals surface area contributed by atoms with Crippen LogP contribution in [0.4, 0.5) is 0 Å². The molecule has 2 aromatic rings. The van der Waals surface area contributed by atoms with Gasteiger partial charge in [0.25, 0.3) is 5.91 Å². The Hall–Kier alpha value is -2.80. The van der Waals surface area contributed by atoms with Crippen molar-refractivity contribution < 1.29 is 14.3 Å². The van der Waals surface area contributed by atoms with E-state index in [0.29, 0.717) is 11.5 Å². The van der Waals surface area contributed by atoms with Gasteiger partial charge in [0.05, 0.1) is 12.0 Å². The van der Waals surface area contributed by atoms with Crippen LogP contribution in [0.5, 0.6) is 5.75 Å². The van der Waals surface area contributed by atoms with Gasteiger partial charge in [0.15, 0.2) is 6.61 Å². The minimum absolute atomic E-state index is 0.0137. The number of ether oxygens (including phenoxy) is 1. The van der Waals surface area contributed by atoms with Crippen LogP contribution >= 0.6 is 11.8 Å². The van der Waals surface area contributed by atoms with E-state index >= 15 is 0 Å². The maximum atomic E-state index is 12.0. The molecular formula is C26H33N3O3S. The van der Waals surface area contributed by atoms with Crippen LogP contribution in [0.15, 0.2) is 47.6 Å². The smallest absolute Gasteiger partial charge is 0.258 e. The molecule has 0 aromatic heterocycles. The van der Waals surface area contributed by atoms with Gasteiger partial charge < -0.3 is 10.1 Å². The molecule has 0 radical (unpaired) electrons. The third-order valence-corrected chi connectivity index (χ3v) is 6.41. The first-order valence-electron chi connectivity index (χ1n) is 11.5. The van der Waals surface area contributed by atoms with E-state index in [1.165, 1.54) is 36.0 Å². The highest BCUT2D eigenvalue weighted by atomic mass is 32.2. The van der Waals surface area contributed by atoms with Gasteiger partial charge in [-0.25, -0.2) is 5.43 Å². The summed E-state index contributed by atoms with van der Waals surface area (Å²) in [5.41, 5.74) is 7.08. The van der Waals surface area contributed by atoms with Gasteiger partial charge in [-0.2, -0.15) is 5.10 Å². The minimum atomic E-state index is -0.135. The number of hydrogen-bond acceptors (Lipinski definition) is 5. The number of hydrazone groups is 1. The Morgan fingerprint density at radius 1 is 1.03 bits per heavy atom. The van der Waals surface area contributed by atoms with Crippen molar-refractivity contribution in [3.8, 4) is 5.75 Å². The molecule has 0 spiro atoms. The molecule has 0 unspecified atom stereocenters. The topological polar surface area (TPSA) is 79.8 Å². The van der Waals surface area contributed by atoms with E-state index in [9.17, 15) is 9.59 Å². The van der Waals surface area contributed by atoms with Crippen molar-refractivity contribution in [2.75, 3.05) is 12.4 Å². The second-order valence-electron chi connectivity index (χ2n) is 8.54. The molecule has 2 aromatic carbocycles. The molecular weight excluding hydrogens is 434 g/mol. The van der Waals surface area contributed by atoms with E-state index in [1.54, 1.807) is 30.1 Å². The molecule has 0 atom stereocenters. The first-order chi connectivity index (χ1) is 16.0. The molecule has 1 aliphatic carbocycles. The number of thioether (sulfide) groups is 1. The van der Waals surface area contributed by atoms with Gasteiger partial charge >= 0.3 is 0 Å². The van der Waals surface area contributed by atoms with E-state index in [1.807, 2.05) is 12.1 Å². The normalized spacial score (nSPS) is 14.2. The molecule has 33 heavy (non-hydrogen) atoms. The van der Waals surface area contributed by atoms with Crippen molar-refractivity contribution >= 4 is 29.8 Å². The second-order valence-corrected chi connectivity index (χ2v) is 9.53. The van der Waals surface area contributed by atoms with Crippen molar-refractivity contribution in [2.24, 2.45) is 5.10 Å². The highest BCUT2D eigenvalue weighted by molar-refractivity contribution is 7.99. The summed E-state index contributed by atoms with van der Waals surface area (Å²) in [6.45, 7) is 4.17. The van der Waals surface area contributed by atoms with Crippen LogP contribution in [0.1, 0.15) is 54.4 Å². The molecule has 1 fully saturated rings. The fourth-order valence-corrected chi connectivity index (χ4v) is 4.69. The van der Waals surface area contributed by atoms with Crippen LogP contribution < -0.4 is 15.5 Å². The van der Waals surface area contributed by atoms with Gasteiger partial charge in [-0.1, -0.05) is 48.6 Å². The lowest BCUT2D eigenvalue weighted by Crippen LogP contribution is -2.38. The third-order valence-electron chi connectivity index (χ3n) is 5.41. The maximum absolute atomic E-state index is 12.0. The molecule has 176 valence electrons. The van der Waals surface area contributed by atoms with Gasteiger partial charge in [0.1, 0.15) is 5.75 Å². The van der Waals surface area contributed by atoms with Crippen LogP contribution in [0.3, 0.4) is 0 Å². The van der Waals surface area contributed by atoms with Gasteiger partial charge in [-0.05, 0) is 62.1 Å². The predicted molar refractivity (Wildman–Crippen MR) is 135 cm³/mol. The first kappa shape index (κ1) is 24.8. The molecule has 0 aliphatic heterocycles. The summed E-state index contributed by atoms with van der Waals surface area (Å²) in [6, 6.07) is 14.0. The molecule has 0 bridgehead atoms. The number of benzene rings is 2. The summed E-state index contributed by atoms with van der Waals surface area (Å²) in [4.78, 5) is 24.0. The summed E-state index contributed by atoms with van der Waals surface area (Å²) in [5.74, 6) is 1.55. The fourth-order valence-electron chi connectivity index (χ4n) is 3.94. The Labute approximate surface area is 200 Å². The zero-order valence-electron chi connectivity index (χ0n) is 19.4. The van der Waals surface area contributed by atoms with Crippen LogP contribution in [0, 0.1) is 13.8 Å². The number of carbonyl (C=O) groups is 2. The quantitative estimate of drug-likeness (QED) is 0.398. The Kier molecular flexibility index (Phi) is 9.81. The predicted octanol–water partition coefficient (Wildman–Crippen LogP) is 4.51. The van der Waals surface area contributed by atoms with Gasteiger partial charge in [0.2, 0.25) is 5.91 Å². The van der Waals surface area contributed by atoms with Crippen LogP contribution in [-0.4, -0.2) is 36.4 Å². The molecule has 6 nitrogen and oxygen atoms in total. The van der Waals surface area contributed by atoms with Gasteiger partial charge in [-0.15, -0.1) is 11.8 Å². The molecule has 0 heterocycles. The lowest BCUT2D eigenvalue weighted by molar-refractivity contribution is -0.124. The lowest BCUT2D eigenvalue weighted by Gasteiger charge is -2.22. The van der Waals surface area contributed by atoms with E-state index in [-0.39, 0.29) is 24.5 Å². The third kappa shape index (κ3) is 9.30. The summed E-state index contributed by atoms with van der Waals surface area (Å²) in [7, 11) is 0. The van der Waals surface area contributed by atoms with E-state index in [0.717, 1.165) is 24.2 Å². The summed E-state index contributed by atoms with van der Waals surface area (Å²) < 4.78 is 5.57. The zero-order chi connectivity index (χ0) is 23.5.